The van der Waals surface area contributed by atoms with Gasteiger partial charge in [-0.25, -0.2) is 0 Å². The average Bonchev–Trinajstić information content (AvgIpc) is 2.48. The van der Waals surface area contributed by atoms with Crippen LogP contribution in [0.5, 0.6) is 0 Å². The number of anilines is 1. The fraction of sp³-hybridized carbons (Fsp3) is 0.278. The van der Waals surface area contributed by atoms with Crippen LogP contribution < -0.4 is 5.32 Å². The largest absolute Gasteiger partial charge is 0.335 e. The van der Waals surface area contributed by atoms with Crippen LogP contribution in [0.2, 0.25) is 0 Å². The van der Waals surface area contributed by atoms with Crippen molar-refractivity contribution < 1.29 is 0 Å². The zero-order chi connectivity index (χ0) is 14.7. The van der Waals surface area contributed by atoms with E-state index in [2.05, 4.69) is 67.7 Å². The Kier molecular flexibility index (Phi) is 4.02. The van der Waals surface area contributed by atoms with Crippen molar-refractivity contribution in [2.75, 3.05) is 11.1 Å². The molecular weight excluding hydrogens is 276 g/mol. The molecule has 3 rings (SSSR count). The van der Waals surface area contributed by atoms with Crippen LogP contribution in [0.15, 0.2) is 59.6 Å². The number of benzene rings is 2. The fourth-order valence-electron chi connectivity index (χ4n) is 2.32. The molecule has 0 amide bonds. The van der Waals surface area contributed by atoms with Gasteiger partial charge in [-0.05, 0) is 43.5 Å². The SMILES string of the molecule is CC1(C)CCSC(Nc2ccc(-c3ccccc3)cc2)=N1. The first-order valence-corrected chi connectivity index (χ1v) is 8.26. The summed E-state index contributed by atoms with van der Waals surface area (Å²) < 4.78 is 0. The Bertz CT molecular complexity index is 630. The van der Waals surface area contributed by atoms with Gasteiger partial charge in [-0.2, -0.15) is 0 Å². The number of thioether (sulfide) groups is 1. The van der Waals surface area contributed by atoms with E-state index in [0.29, 0.717) is 0 Å². The number of nitrogens with one attached hydrogen (secondary N) is 1. The molecule has 0 radical (unpaired) electrons. The van der Waals surface area contributed by atoms with Crippen LogP contribution in [-0.2, 0) is 0 Å². The molecular formula is C18H20N2S. The van der Waals surface area contributed by atoms with Gasteiger partial charge in [0.25, 0.3) is 0 Å². The number of hydrogen-bond acceptors (Lipinski definition) is 3. The quantitative estimate of drug-likeness (QED) is 0.840. The van der Waals surface area contributed by atoms with Crippen molar-refractivity contribution in [1.82, 2.24) is 0 Å². The van der Waals surface area contributed by atoms with Crippen molar-refractivity contribution >= 4 is 22.6 Å². The lowest BCUT2D eigenvalue weighted by Gasteiger charge is -2.26. The van der Waals surface area contributed by atoms with Gasteiger partial charge in [0, 0.05) is 11.4 Å². The Hall–Kier alpha value is -1.74. The number of rotatable bonds is 2. The highest BCUT2D eigenvalue weighted by molar-refractivity contribution is 8.14. The smallest absolute Gasteiger partial charge is 0.161 e. The number of aliphatic imine (C=N–C) groups is 1. The van der Waals surface area contributed by atoms with Gasteiger partial charge >= 0.3 is 0 Å². The van der Waals surface area contributed by atoms with Crippen LogP contribution in [0.4, 0.5) is 5.69 Å². The maximum absolute atomic E-state index is 4.76. The second-order valence-corrected chi connectivity index (χ2v) is 6.98. The minimum Gasteiger partial charge on any atom is -0.335 e. The second kappa shape index (κ2) is 5.94. The number of hydrogen-bond donors (Lipinski definition) is 1. The highest BCUT2D eigenvalue weighted by Crippen LogP contribution is 2.27. The second-order valence-electron chi connectivity index (χ2n) is 5.90. The third-order valence-corrected chi connectivity index (χ3v) is 4.48. The van der Waals surface area contributed by atoms with E-state index in [1.54, 1.807) is 11.8 Å². The Morgan fingerprint density at radius 2 is 1.62 bits per heavy atom. The molecule has 0 fully saturated rings. The molecule has 0 aliphatic carbocycles. The van der Waals surface area contributed by atoms with Crippen LogP contribution in [0.1, 0.15) is 20.3 Å². The van der Waals surface area contributed by atoms with Crippen molar-refractivity contribution in [3.8, 4) is 11.1 Å². The van der Waals surface area contributed by atoms with E-state index >= 15 is 0 Å². The predicted octanol–water partition coefficient (Wildman–Crippen LogP) is 5.04. The van der Waals surface area contributed by atoms with Gasteiger partial charge in [0.1, 0.15) is 0 Å². The average molecular weight is 296 g/mol. The normalized spacial score (nSPS) is 17.1. The molecule has 0 unspecified atom stereocenters. The summed E-state index contributed by atoms with van der Waals surface area (Å²) in [7, 11) is 0. The van der Waals surface area contributed by atoms with Gasteiger partial charge in [-0.15, -0.1) is 0 Å². The summed E-state index contributed by atoms with van der Waals surface area (Å²) in [6, 6.07) is 19.0. The first-order chi connectivity index (χ1) is 10.1. The Labute approximate surface area is 130 Å². The molecule has 0 saturated carbocycles. The van der Waals surface area contributed by atoms with E-state index in [-0.39, 0.29) is 5.54 Å². The summed E-state index contributed by atoms with van der Waals surface area (Å²) in [5.41, 5.74) is 3.63. The van der Waals surface area contributed by atoms with E-state index in [9.17, 15) is 0 Å². The van der Waals surface area contributed by atoms with E-state index < -0.39 is 0 Å². The highest BCUT2D eigenvalue weighted by atomic mass is 32.2. The molecule has 0 aromatic heterocycles. The summed E-state index contributed by atoms with van der Waals surface area (Å²) in [5.74, 6) is 1.13. The lowest BCUT2D eigenvalue weighted by molar-refractivity contribution is 0.507. The van der Waals surface area contributed by atoms with E-state index in [4.69, 9.17) is 4.99 Å². The standard InChI is InChI=1S/C18H20N2S/c1-18(2)12-13-21-17(20-18)19-16-10-8-15(9-11-16)14-6-4-3-5-7-14/h3-11H,12-13H2,1-2H3,(H,19,20). The van der Waals surface area contributed by atoms with Crippen molar-refractivity contribution in [3.63, 3.8) is 0 Å². The summed E-state index contributed by atoms with van der Waals surface area (Å²) in [5, 5.41) is 4.45. The van der Waals surface area contributed by atoms with Crippen LogP contribution in [0.25, 0.3) is 11.1 Å². The molecule has 2 aromatic carbocycles. The van der Waals surface area contributed by atoms with E-state index in [1.807, 2.05) is 6.07 Å². The maximum atomic E-state index is 4.76. The number of amidine groups is 1. The molecule has 21 heavy (non-hydrogen) atoms. The topological polar surface area (TPSA) is 24.4 Å². The molecule has 1 N–H and O–H groups in total. The summed E-state index contributed by atoms with van der Waals surface area (Å²) >= 11 is 1.80. The summed E-state index contributed by atoms with van der Waals surface area (Å²) in [6.45, 7) is 4.37. The van der Waals surface area contributed by atoms with Crippen LogP contribution in [0.3, 0.4) is 0 Å². The molecule has 108 valence electrons. The molecule has 2 aromatic rings. The first kappa shape index (κ1) is 14.2. The predicted molar refractivity (Wildman–Crippen MR) is 94.1 cm³/mol. The van der Waals surface area contributed by atoms with Gasteiger partial charge in [0.05, 0.1) is 5.54 Å². The molecule has 1 aliphatic rings. The minimum absolute atomic E-state index is 0.0531. The van der Waals surface area contributed by atoms with Gasteiger partial charge in [-0.3, -0.25) is 4.99 Å². The molecule has 1 heterocycles. The Balaban J connectivity index is 1.75. The summed E-state index contributed by atoms with van der Waals surface area (Å²) in [6.07, 6.45) is 1.13. The third kappa shape index (κ3) is 3.67. The molecule has 0 atom stereocenters. The van der Waals surface area contributed by atoms with E-state index in [1.165, 1.54) is 11.1 Å². The molecule has 0 saturated heterocycles. The van der Waals surface area contributed by atoms with Crippen molar-refractivity contribution in [2.45, 2.75) is 25.8 Å². The maximum Gasteiger partial charge on any atom is 0.161 e. The zero-order valence-corrected chi connectivity index (χ0v) is 13.3. The minimum atomic E-state index is 0.0531. The molecule has 3 heteroatoms. The van der Waals surface area contributed by atoms with Crippen LogP contribution in [-0.4, -0.2) is 16.5 Å². The van der Waals surface area contributed by atoms with E-state index in [0.717, 1.165) is 23.0 Å². The Morgan fingerprint density at radius 1 is 0.952 bits per heavy atom. The van der Waals surface area contributed by atoms with Crippen LogP contribution >= 0.6 is 11.8 Å². The van der Waals surface area contributed by atoms with Crippen molar-refractivity contribution in [3.05, 3.63) is 54.6 Å². The third-order valence-electron chi connectivity index (χ3n) is 3.60. The molecule has 0 bridgehead atoms. The lowest BCUT2D eigenvalue weighted by atomic mass is 10.0. The van der Waals surface area contributed by atoms with Gasteiger partial charge in [0.15, 0.2) is 5.17 Å². The molecule has 2 nitrogen and oxygen atoms in total. The van der Waals surface area contributed by atoms with Gasteiger partial charge in [0.2, 0.25) is 0 Å². The first-order valence-electron chi connectivity index (χ1n) is 7.28. The van der Waals surface area contributed by atoms with Crippen LogP contribution in [0, 0.1) is 0 Å². The highest BCUT2D eigenvalue weighted by Gasteiger charge is 2.22. The van der Waals surface area contributed by atoms with Crippen molar-refractivity contribution in [1.29, 1.82) is 0 Å². The molecule has 1 aliphatic heterocycles. The molecule has 0 spiro atoms. The number of nitrogens with zero attached hydrogens (tertiary/aromatic N) is 1. The fourth-order valence-corrected chi connectivity index (χ4v) is 3.62. The van der Waals surface area contributed by atoms with Crippen molar-refractivity contribution in [2.24, 2.45) is 4.99 Å². The lowest BCUT2D eigenvalue weighted by Crippen LogP contribution is -2.27. The van der Waals surface area contributed by atoms with Gasteiger partial charge in [-0.1, -0.05) is 54.2 Å². The van der Waals surface area contributed by atoms with Gasteiger partial charge < -0.3 is 5.32 Å². The zero-order valence-electron chi connectivity index (χ0n) is 12.5. The summed E-state index contributed by atoms with van der Waals surface area (Å²) in [4.78, 5) is 4.76. The Morgan fingerprint density at radius 3 is 2.29 bits per heavy atom. The monoisotopic (exact) mass is 296 g/mol.